The minimum absolute atomic E-state index is 0.0368. The van der Waals surface area contributed by atoms with Crippen LogP contribution in [0.2, 0.25) is 5.02 Å². The fraction of sp³-hybridized carbons (Fsp3) is 0.417. The molecule has 0 aromatic heterocycles. The van der Waals surface area contributed by atoms with Crippen LogP contribution in [0.25, 0.3) is 0 Å². The second-order valence-corrected chi connectivity index (χ2v) is 4.12. The normalized spacial score (nSPS) is 12.2. The lowest BCUT2D eigenvalue weighted by Gasteiger charge is -2.14. The lowest BCUT2D eigenvalue weighted by molar-refractivity contribution is -0.126. The summed E-state index contributed by atoms with van der Waals surface area (Å²) in [6, 6.07) is 7.29. The third-order valence-corrected chi connectivity index (χ3v) is 2.49. The van der Waals surface area contributed by atoms with E-state index in [-0.39, 0.29) is 18.6 Å². The molecule has 0 unspecified atom stereocenters. The molecule has 0 fully saturated rings. The van der Waals surface area contributed by atoms with Crippen molar-refractivity contribution in [2.75, 3.05) is 19.8 Å². The fourth-order valence-electron chi connectivity index (χ4n) is 1.37. The molecule has 4 nitrogen and oxygen atoms in total. The van der Waals surface area contributed by atoms with Crippen molar-refractivity contribution in [2.24, 2.45) is 5.73 Å². The van der Waals surface area contributed by atoms with Crippen molar-refractivity contribution >= 4 is 17.5 Å². The van der Waals surface area contributed by atoms with E-state index in [1.165, 1.54) is 0 Å². The van der Waals surface area contributed by atoms with Crippen molar-refractivity contribution in [3.05, 3.63) is 34.9 Å². The zero-order valence-electron chi connectivity index (χ0n) is 9.78. The van der Waals surface area contributed by atoms with Gasteiger partial charge in [0.05, 0.1) is 12.6 Å². The standard InChI is InChI=1S/C12H17ClN2O2/c1-9(10-2-4-11(13)5-3-10)15-12(16)8-17-7-6-14/h2-5,9H,6-8,14H2,1H3,(H,15,16)/t9-/m0/s1. The summed E-state index contributed by atoms with van der Waals surface area (Å²) in [6.07, 6.45) is 0. The van der Waals surface area contributed by atoms with E-state index in [9.17, 15) is 4.79 Å². The van der Waals surface area contributed by atoms with Crippen LogP contribution in [-0.4, -0.2) is 25.7 Å². The lowest BCUT2D eigenvalue weighted by Crippen LogP contribution is -2.30. The Morgan fingerprint density at radius 3 is 2.71 bits per heavy atom. The van der Waals surface area contributed by atoms with Crippen LogP contribution in [0, 0.1) is 0 Å². The molecule has 94 valence electrons. The van der Waals surface area contributed by atoms with Gasteiger partial charge in [-0.3, -0.25) is 4.79 Å². The molecule has 5 heteroatoms. The molecule has 0 aliphatic carbocycles. The van der Waals surface area contributed by atoms with Crippen LogP contribution in [0.1, 0.15) is 18.5 Å². The number of carbonyl (C=O) groups is 1. The molecule has 1 amide bonds. The second-order valence-electron chi connectivity index (χ2n) is 3.68. The molecular formula is C12H17ClN2O2. The van der Waals surface area contributed by atoms with Crippen molar-refractivity contribution in [3.8, 4) is 0 Å². The number of halogens is 1. The van der Waals surface area contributed by atoms with E-state index in [1.807, 2.05) is 19.1 Å². The number of nitrogens with two attached hydrogens (primary N) is 1. The molecule has 0 bridgehead atoms. The molecule has 17 heavy (non-hydrogen) atoms. The average molecular weight is 257 g/mol. The smallest absolute Gasteiger partial charge is 0.246 e. The van der Waals surface area contributed by atoms with Crippen LogP contribution in [-0.2, 0) is 9.53 Å². The van der Waals surface area contributed by atoms with Gasteiger partial charge in [-0.1, -0.05) is 23.7 Å². The van der Waals surface area contributed by atoms with Gasteiger partial charge in [-0.2, -0.15) is 0 Å². The van der Waals surface area contributed by atoms with Crippen LogP contribution in [0.15, 0.2) is 24.3 Å². The maximum atomic E-state index is 11.5. The van der Waals surface area contributed by atoms with Crippen molar-refractivity contribution in [1.29, 1.82) is 0 Å². The van der Waals surface area contributed by atoms with E-state index >= 15 is 0 Å². The van der Waals surface area contributed by atoms with Gasteiger partial charge in [0.1, 0.15) is 6.61 Å². The number of carbonyl (C=O) groups excluding carboxylic acids is 1. The van der Waals surface area contributed by atoms with E-state index in [4.69, 9.17) is 22.1 Å². The lowest BCUT2D eigenvalue weighted by atomic mass is 10.1. The summed E-state index contributed by atoms with van der Waals surface area (Å²) < 4.78 is 5.04. The Labute approximate surface area is 106 Å². The van der Waals surface area contributed by atoms with Crippen LogP contribution < -0.4 is 11.1 Å². The quantitative estimate of drug-likeness (QED) is 0.758. The highest BCUT2D eigenvalue weighted by Crippen LogP contribution is 2.15. The topological polar surface area (TPSA) is 64.3 Å². The molecular weight excluding hydrogens is 240 g/mol. The van der Waals surface area contributed by atoms with Crippen molar-refractivity contribution in [3.63, 3.8) is 0 Å². The summed E-state index contributed by atoms with van der Waals surface area (Å²) in [7, 11) is 0. The van der Waals surface area contributed by atoms with Crippen LogP contribution in [0.4, 0.5) is 0 Å². The Morgan fingerprint density at radius 1 is 1.47 bits per heavy atom. The predicted octanol–water partition coefficient (Wildman–Crippen LogP) is 1.49. The molecule has 0 saturated heterocycles. The minimum Gasteiger partial charge on any atom is -0.370 e. The Balaban J connectivity index is 2.40. The van der Waals surface area contributed by atoms with Crippen molar-refractivity contribution < 1.29 is 9.53 Å². The number of ether oxygens (including phenoxy) is 1. The van der Waals surface area contributed by atoms with E-state index in [0.29, 0.717) is 18.2 Å². The highest BCUT2D eigenvalue weighted by Gasteiger charge is 2.09. The number of amides is 1. The summed E-state index contributed by atoms with van der Waals surface area (Å²) in [5.74, 6) is -0.152. The van der Waals surface area contributed by atoms with Gasteiger partial charge >= 0.3 is 0 Å². The summed E-state index contributed by atoms with van der Waals surface area (Å²) >= 11 is 5.79. The van der Waals surface area contributed by atoms with Gasteiger partial charge in [-0.05, 0) is 24.6 Å². The third-order valence-electron chi connectivity index (χ3n) is 2.24. The highest BCUT2D eigenvalue weighted by atomic mass is 35.5. The Morgan fingerprint density at radius 2 is 2.12 bits per heavy atom. The van der Waals surface area contributed by atoms with E-state index in [1.54, 1.807) is 12.1 Å². The first kappa shape index (κ1) is 14.0. The number of nitrogens with one attached hydrogen (secondary N) is 1. The second kappa shape index (κ2) is 7.27. The van der Waals surface area contributed by atoms with Crippen LogP contribution in [0.3, 0.4) is 0 Å². The number of benzene rings is 1. The Hall–Kier alpha value is -1.10. The van der Waals surface area contributed by atoms with E-state index < -0.39 is 0 Å². The summed E-state index contributed by atoms with van der Waals surface area (Å²) in [5, 5.41) is 3.51. The van der Waals surface area contributed by atoms with Gasteiger partial charge in [0.2, 0.25) is 5.91 Å². The molecule has 0 aliphatic heterocycles. The molecule has 1 atom stereocenters. The molecule has 0 aliphatic rings. The van der Waals surface area contributed by atoms with Crippen LogP contribution >= 0.6 is 11.6 Å². The molecule has 1 rings (SSSR count). The highest BCUT2D eigenvalue weighted by molar-refractivity contribution is 6.30. The molecule has 1 aromatic carbocycles. The molecule has 0 radical (unpaired) electrons. The monoisotopic (exact) mass is 256 g/mol. The van der Waals surface area contributed by atoms with Gasteiger partial charge in [-0.15, -0.1) is 0 Å². The Kier molecular flexibility index (Phi) is 5.97. The number of rotatable bonds is 6. The molecule has 0 spiro atoms. The zero-order valence-corrected chi connectivity index (χ0v) is 10.5. The molecule has 0 saturated carbocycles. The molecule has 1 aromatic rings. The van der Waals surface area contributed by atoms with Gasteiger partial charge in [0, 0.05) is 11.6 Å². The number of hydrogen-bond acceptors (Lipinski definition) is 3. The van der Waals surface area contributed by atoms with Crippen molar-refractivity contribution in [1.82, 2.24) is 5.32 Å². The third kappa shape index (κ3) is 5.17. The first-order valence-corrected chi connectivity index (χ1v) is 5.84. The predicted molar refractivity (Wildman–Crippen MR) is 67.9 cm³/mol. The maximum Gasteiger partial charge on any atom is 0.246 e. The maximum absolute atomic E-state index is 11.5. The zero-order chi connectivity index (χ0) is 12.7. The molecule has 0 heterocycles. The SMILES string of the molecule is C[C@H](NC(=O)COCCN)c1ccc(Cl)cc1. The Bertz CT molecular complexity index is 354. The van der Waals surface area contributed by atoms with Crippen LogP contribution in [0.5, 0.6) is 0 Å². The van der Waals surface area contributed by atoms with E-state index in [2.05, 4.69) is 5.32 Å². The average Bonchev–Trinajstić information content (AvgIpc) is 2.30. The number of hydrogen-bond donors (Lipinski definition) is 2. The first-order valence-electron chi connectivity index (χ1n) is 5.46. The minimum atomic E-state index is -0.152. The summed E-state index contributed by atoms with van der Waals surface area (Å²) in [6.45, 7) is 2.75. The van der Waals surface area contributed by atoms with Gasteiger partial charge < -0.3 is 15.8 Å². The molecule has 3 N–H and O–H groups in total. The van der Waals surface area contributed by atoms with Crippen molar-refractivity contribution in [2.45, 2.75) is 13.0 Å². The fourth-order valence-corrected chi connectivity index (χ4v) is 1.49. The van der Waals surface area contributed by atoms with E-state index in [0.717, 1.165) is 5.56 Å². The largest absolute Gasteiger partial charge is 0.370 e. The summed E-state index contributed by atoms with van der Waals surface area (Å²) in [4.78, 5) is 11.5. The summed E-state index contributed by atoms with van der Waals surface area (Å²) in [5.41, 5.74) is 6.25. The van der Waals surface area contributed by atoms with Gasteiger partial charge in [0.15, 0.2) is 0 Å². The van der Waals surface area contributed by atoms with Gasteiger partial charge in [-0.25, -0.2) is 0 Å². The first-order chi connectivity index (χ1) is 8.13. The van der Waals surface area contributed by atoms with Gasteiger partial charge in [0.25, 0.3) is 0 Å².